The Morgan fingerprint density at radius 1 is 1.18 bits per heavy atom. The summed E-state index contributed by atoms with van der Waals surface area (Å²) in [5, 5.41) is 13.1. The molecule has 2 atom stereocenters. The number of thioether (sulfide) groups is 1. The van der Waals surface area contributed by atoms with E-state index < -0.39 is 0 Å². The molecule has 186 valence electrons. The number of piperidine rings is 1. The fraction of sp³-hybridized carbons (Fsp3) is 0.654. The van der Waals surface area contributed by atoms with Gasteiger partial charge in [-0.15, -0.1) is 10.2 Å². The Hall–Kier alpha value is -2.06. The van der Waals surface area contributed by atoms with Crippen LogP contribution in [0, 0.1) is 11.8 Å². The second kappa shape index (κ2) is 12.1. The van der Waals surface area contributed by atoms with Gasteiger partial charge in [0, 0.05) is 19.7 Å². The predicted molar refractivity (Wildman–Crippen MR) is 137 cm³/mol. The number of carbonyl (C=O) groups excluding carboxylic acids is 1. The highest BCUT2D eigenvalue weighted by atomic mass is 32.2. The minimum atomic E-state index is 0.0185. The molecule has 2 aliphatic heterocycles. The highest BCUT2D eigenvalue weighted by Gasteiger charge is 2.26. The average molecular weight is 486 g/mol. The number of benzene rings is 1. The van der Waals surface area contributed by atoms with Crippen LogP contribution in [0.2, 0.25) is 0 Å². The van der Waals surface area contributed by atoms with Gasteiger partial charge in [0.05, 0.1) is 24.4 Å². The van der Waals surface area contributed by atoms with Crippen LogP contribution in [0.3, 0.4) is 0 Å². The van der Waals surface area contributed by atoms with Crippen molar-refractivity contribution in [2.75, 3.05) is 30.3 Å². The van der Waals surface area contributed by atoms with Crippen molar-refractivity contribution in [1.29, 1.82) is 0 Å². The molecule has 1 aromatic heterocycles. The molecule has 1 N–H and O–H groups in total. The third-order valence-corrected chi connectivity index (χ3v) is 7.72. The lowest BCUT2D eigenvalue weighted by molar-refractivity contribution is -0.119. The Balaban J connectivity index is 1.43. The number of amides is 1. The van der Waals surface area contributed by atoms with E-state index in [2.05, 4.69) is 57.9 Å². The molecular formula is C26H39N5O2S. The lowest BCUT2D eigenvalue weighted by atomic mass is 9.97. The second-order valence-corrected chi connectivity index (χ2v) is 11.1. The molecule has 0 bridgehead atoms. The molecule has 7 nitrogen and oxygen atoms in total. The van der Waals surface area contributed by atoms with Gasteiger partial charge in [0.25, 0.3) is 0 Å². The molecule has 0 aliphatic carbocycles. The lowest BCUT2D eigenvalue weighted by Crippen LogP contribution is -2.35. The quantitative estimate of drug-likeness (QED) is 0.492. The number of ether oxygens (including phenoxy) is 1. The molecule has 4 rings (SSSR count). The zero-order chi connectivity index (χ0) is 23.9. The van der Waals surface area contributed by atoms with Crippen LogP contribution < -0.4 is 10.2 Å². The van der Waals surface area contributed by atoms with Crippen LogP contribution >= 0.6 is 11.8 Å². The SMILES string of the molecule is CC(C)CC(NC(=O)CSc1nnc(N2CCC(C)CC2)n1CC1CCCO1)c1ccccc1. The van der Waals surface area contributed by atoms with Crippen molar-refractivity contribution >= 4 is 23.6 Å². The number of rotatable bonds is 10. The van der Waals surface area contributed by atoms with Gasteiger partial charge in [-0.25, -0.2) is 0 Å². The molecule has 2 saturated heterocycles. The summed E-state index contributed by atoms with van der Waals surface area (Å²) in [6, 6.07) is 10.3. The van der Waals surface area contributed by atoms with Crippen LogP contribution in [0.15, 0.2) is 35.5 Å². The van der Waals surface area contributed by atoms with E-state index in [-0.39, 0.29) is 18.1 Å². The standard InChI is InChI=1S/C26H39N5O2S/c1-19(2)16-23(21-8-5-4-6-9-21)27-24(32)18-34-26-29-28-25(30-13-11-20(3)12-14-30)31(26)17-22-10-7-15-33-22/h4-6,8-9,19-20,22-23H,7,10-18H2,1-3H3,(H,27,32). The van der Waals surface area contributed by atoms with Crippen LogP contribution in [0.5, 0.6) is 0 Å². The number of hydrogen-bond donors (Lipinski definition) is 1. The summed E-state index contributed by atoms with van der Waals surface area (Å²) in [6.07, 6.45) is 5.62. The smallest absolute Gasteiger partial charge is 0.230 e. The maximum absolute atomic E-state index is 13.0. The molecule has 2 aromatic rings. The first kappa shape index (κ1) is 25.0. The molecule has 2 unspecified atom stereocenters. The van der Waals surface area contributed by atoms with E-state index in [1.807, 2.05) is 18.2 Å². The zero-order valence-corrected chi connectivity index (χ0v) is 21.6. The average Bonchev–Trinajstić information content (AvgIpc) is 3.49. The summed E-state index contributed by atoms with van der Waals surface area (Å²) < 4.78 is 8.11. The van der Waals surface area contributed by atoms with Crippen molar-refractivity contribution in [3.63, 3.8) is 0 Å². The van der Waals surface area contributed by atoms with Crippen molar-refractivity contribution in [3.8, 4) is 0 Å². The first-order valence-corrected chi connectivity index (χ1v) is 13.7. The topological polar surface area (TPSA) is 72.3 Å². The maximum atomic E-state index is 13.0. The van der Waals surface area contributed by atoms with Gasteiger partial charge in [-0.2, -0.15) is 0 Å². The molecule has 3 heterocycles. The van der Waals surface area contributed by atoms with Gasteiger partial charge in [0.15, 0.2) is 5.16 Å². The molecule has 34 heavy (non-hydrogen) atoms. The largest absolute Gasteiger partial charge is 0.376 e. The fourth-order valence-corrected chi connectivity index (χ4v) is 5.54. The van der Waals surface area contributed by atoms with Gasteiger partial charge >= 0.3 is 0 Å². The summed E-state index contributed by atoms with van der Waals surface area (Å²) in [5.41, 5.74) is 1.15. The summed E-state index contributed by atoms with van der Waals surface area (Å²) in [7, 11) is 0. The van der Waals surface area contributed by atoms with Crippen LogP contribution in [0.4, 0.5) is 5.95 Å². The Morgan fingerprint density at radius 3 is 2.62 bits per heavy atom. The zero-order valence-electron chi connectivity index (χ0n) is 20.8. The predicted octanol–water partition coefficient (Wildman–Crippen LogP) is 4.69. The first-order valence-electron chi connectivity index (χ1n) is 12.8. The van der Waals surface area contributed by atoms with E-state index in [4.69, 9.17) is 4.74 Å². The third-order valence-electron chi connectivity index (χ3n) is 6.75. The van der Waals surface area contributed by atoms with Gasteiger partial charge in [-0.1, -0.05) is 62.9 Å². The van der Waals surface area contributed by atoms with Gasteiger partial charge in [0.1, 0.15) is 0 Å². The van der Waals surface area contributed by atoms with Crippen LogP contribution in [0.1, 0.15) is 64.5 Å². The molecule has 0 radical (unpaired) electrons. The first-order chi connectivity index (χ1) is 16.5. The molecular weight excluding hydrogens is 446 g/mol. The third kappa shape index (κ3) is 6.75. The number of aromatic nitrogens is 3. The number of hydrogen-bond acceptors (Lipinski definition) is 6. The van der Waals surface area contributed by atoms with Crippen LogP contribution in [0.25, 0.3) is 0 Å². The van der Waals surface area contributed by atoms with Crippen molar-refractivity contribution < 1.29 is 9.53 Å². The van der Waals surface area contributed by atoms with Gasteiger partial charge in [-0.05, 0) is 49.5 Å². The molecule has 2 aliphatic rings. The number of nitrogens with zero attached hydrogens (tertiary/aromatic N) is 4. The Labute approximate surface area is 208 Å². The summed E-state index contributed by atoms with van der Waals surface area (Å²) >= 11 is 1.48. The fourth-order valence-electron chi connectivity index (χ4n) is 4.78. The summed E-state index contributed by atoms with van der Waals surface area (Å²) in [4.78, 5) is 15.3. The van der Waals surface area contributed by atoms with Gasteiger partial charge in [0.2, 0.25) is 11.9 Å². The molecule has 8 heteroatoms. The van der Waals surface area contributed by atoms with Crippen molar-refractivity contribution in [3.05, 3.63) is 35.9 Å². The van der Waals surface area contributed by atoms with Gasteiger partial charge < -0.3 is 15.0 Å². The molecule has 1 aromatic carbocycles. The minimum absolute atomic E-state index is 0.0185. The maximum Gasteiger partial charge on any atom is 0.230 e. The van der Waals surface area contributed by atoms with E-state index in [9.17, 15) is 4.79 Å². The molecule has 0 spiro atoms. The van der Waals surface area contributed by atoms with Gasteiger partial charge in [-0.3, -0.25) is 9.36 Å². The second-order valence-electron chi connectivity index (χ2n) is 10.1. The van der Waals surface area contributed by atoms with E-state index in [0.717, 1.165) is 68.1 Å². The lowest BCUT2D eigenvalue weighted by Gasteiger charge is -2.31. The normalized spacial score (nSPS) is 20.1. The summed E-state index contributed by atoms with van der Waals surface area (Å²) in [5.74, 6) is 2.52. The van der Waals surface area contributed by atoms with Crippen LogP contribution in [-0.4, -0.2) is 52.2 Å². The Morgan fingerprint density at radius 2 is 1.94 bits per heavy atom. The van der Waals surface area contributed by atoms with E-state index in [1.165, 1.54) is 24.6 Å². The molecule has 1 amide bonds. The monoisotopic (exact) mass is 485 g/mol. The minimum Gasteiger partial charge on any atom is -0.376 e. The van der Waals surface area contributed by atoms with Crippen molar-refractivity contribution in [2.24, 2.45) is 11.8 Å². The van der Waals surface area contributed by atoms with E-state index in [0.29, 0.717) is 11.7 Å². The molecule has 2 fully saturated rings. The van der Waals surface area contributed by atoms with E-state index >= 15 is 0 Å². The Bertz CT molecular complexity index is 905. The summed E-state index contributed by atoms with van der Waals surface area (Å²) in [6.45, 7) is 10.3. The Kier molecular flexibility index (Phi) is 8.89. The highest BCUT2D eigenvalue weighted by molar-refractivity contribution is 7.99. The van der Waals surface area contributed by atoms with Crippen molar-refractivity contribution in [2.45, 2.75) is 76.7 Å². The van der Waals surface area contributed by atoms with Crippen LogP contribution in [-0.2, 0) is 16.1 Å². The number of nitrogens with one attached hydrogen (secondary N) is 1. The highest BCUT2D eigenvalue weighted by Crippen LogP contribution is 2.28. The number of anilines is 1. The van der Waals surface area contributed by atoms with E-state index in [1.54, 1.807) is 0 Å². The van der Waals surface area contributed by atoms with Crippen molar-refractivity contribution in [1.82, 2.24) is 20.1 Å². The molecule has 0 saturated carbocycles. The number of carbonyl (C=O) groups is 1.